The third-order valence-electron chi connectivity index (χ3n) is 0.887. The summed E-state index contributed by atoms with van der Waals surface area (Å²) in [5, 5.41) is 12.3. The Bertz CT molecular complexity index is 182. The molecule has 1 N–H and O–H groups in total. The fraction of sp³-hybridized carbons (Fsp3) is 0.750. The number of halogens is 2. The van der Waals surface area contributed by atoms with Crippen molar-refractivity contribution >= 4 is 37.8 Å². The van der Waals surface area contributed by atoms with Gasteiger partial charge in [0.1, 0.15) is 0 Å². The lowest BCUT2D eigenvalue weighted by Crippen LogP contribution is -2.40. The summed E-state index contributed by atoms with van der Waals surface area (Å²) in [4.78, 5) is 20.3. The van der Waals surface area contributed by atoms with Crippen LogP contribution in [-0.2, 0) is 4.79 Å². The number of nitrogens with zero attached hydrogens (tertiary/aromatic N) is 1. The predicted octanol–water partition coefficient (Wildman–Crippen LogP) is 0.495. The lowest BCUT2D eigenvalue weighted by molar-refractivity contribution is -0.478. The number of carbonyl (C=O) groups is 1. The molecule has 0 unspecified atom stereocenters. The van der Waals surface area contributed by atoms with Crippen molar-refractivity contribution in [1.29, 1.82) is 0 Å². The molecule has 64 valence electrons. The highest BCUT2D eigenvalue weighted by molar-refractivity contribution is 9.26. The van der Waals surface area contributed by atoms with Crippen LogP contribution in [0.1, 0.15) is 0 Å². The second kappa shape index (κ2) is 4.01. The molecule has 0 rings (SSSR count). The molecule has 0 saturated carbocycles. The summed E-state index contributed by atoms with van der Waals surface area (Å²) < 4.78 is -1.29. The molecule has 0 aromatic heterocycles. The molecule has 11 heavy (non-hydrogen) atoms. The van der Waals surface area contributed by atoms with Crippen molar-refractivity contribution in [3.63, 3.8) is 0 Å². The molecule has 0 atom stereocenters. The summed E-state index contributed by atoms with van der Waals surface area (Å²) in [5.41, 5.74) is 0. The number of nitrogens with one attached hydrogen (secondary N) is 1. The van der Waals surface area contributed by atoms with E-state index in [1.807, 2.05) is 0 Å². The van der Waals surface area contributed by atoms with Crippen molar-refractivity contribution in [2.24, 2.45) is 0 Å². The summed E-state index contributed by atoms with van der Waals surface area (Å²) in [6, 6.07) is 0. The number of rotatable bonds is 3. The standard InChI is InChI=1S/C4H6Br2N2O3/c1-7-3(9)4(5,6)2-8(10)11/h2H2,1H3,(H,7,9). The summed E-state index contributed by atoms with van der Waals surface area (Å²) in [6.07, 6.45) is 0. The Morgan fingerprint density at radius 2 is 2.18 bits per heavy atom. The highest BCUT2D eigenvalue weighted by Gasteiger charge is 2.37. The van der Waals surface area contributed by atoms with Gasteiger partial charge in [-0.1, -0.05) is 31.9 Å². The lowest BCUT2D eigenvalue weighted by atomic mass is 10.4. The zero-order chi connectivity index (χ0) is 9.07. The Morgan fingerprint density at radius 1 is 1.73 bits per heavy atom. The molecule has 5 nitrogen and oxygen atoms in total. The number of nitro groups is 1. The molecule has 0 bridgehead atoms. The van der Waals surface area contributed by atoms with E-state index in [1.54, 1.807) is 0 Å². The highest BCUT2D eigenvalue weighted by atomic mass is 79.9. The van der Waals surface area contributed by atoms with Crippen LogP contribution in [0, 0.1) is 10.1 Å². The number of amides is 1. The van der Waals surface area contributed by atoms with Gasteiger partial charge in [0.25, 0.3) is 5.91 Å². The summed E-state index contributed by atoms with van der Waals surface area (Å²) in [6.45, 7) is -0.507. The SMILES string of the molecule is CNC(=O)C(Br)(Br)C[N+](=O)[O-]. The maximum atomic E-state index is 10.9. The van der Waals surface area contributed by atoms with E-state index in [1.165, 1.54) is 7.05 Å². The first-order valence-electron chi connectivity index (χ1n) is 2.62. The van der Waals surface area contributed by atoms with E-state index in [0.29, 0.717) is 0 Å². The number of hydrogen-bond donors (Lipinski definition) is 1. The molecular weight excluding hydrogens is 284 g/mol. The second-order valence-corrected chi connectivity index (χ2v) is 5.55. The third kappa shape index (κ3) is 3.66. The first-order chi connectivity index (χ1) is 4.90. The van der Waals surface area contributed by atoms with E-state index in [2.05, 4.69) is 37.2 Å². The van der Waals surface area contributed by atoms with Crippen LogP contribution < -0.4 is 5.32 Å². The van der Waals surface area contributed by atoms with Gasteiger partial charge < -0.3 is 5.32 Å². The molecule has 7 heteroatoms. The Labute approximate surface area is 79.9 Å². The van der Waals surface area contributed by atoms with Crippen LogP contribution in [0.3, 0.4) is 0 Å². The van der Waals surface area contributed by atoms with E-state index in [0.717, 1.165) is 0 Å². The monoisotopic (exact) mass is 288 g/mol. The van der Waals surface area contributed by atoms with Crippen molar-refractivity contribution < 1.29 is 9.72 Å². The average molecular weight is 290 g/mol. The fourth-order valence-corrected chi connectivity index (χ4v) is 1.22. The molecule has 0 saturated heterocycles. The molecule has 0 spiro atoms. The van der Waals surface area contributed by atoms with E-state index in [-0.39, 0.29) is 0 Å². The van der Waals surface area contributed by atoms with Crippen molar-refractivity contribution in [1.82, 2.24) is 5.32 Å². The van der Waals surface area contributed by atoms with E-state index >= 15 is 0 Å². The molecule has 1 amide bonds. The van der Waals surface area contributed by atoms with Crippen LogP contribution in [0.25, 0.3) is 0 Å². The molecule has 0 aliphatic rings. The molecule has 0 radical (unpaired) electrons. The van der Waals surface area contributed by atoms with E-state index in [4.69, 9.17) is 0 Å². The van der Waals surface area contributed by atoms with Crippen LogP contribution in [-0.4, -0.2) is 27.7 Å². The Hall–Kier alpha value is -0.170. The zero-order valence-electron chi connectivity index (χ0n) is 5.63. The number of carbonyl (C=O) groups excluding carboxylic acids is 1. The number of hydrogen-bond acceptors (Lipinski definition) is 3. The van der Waals surface area contributed by atoms with Crippen LogP contribution in [0.4, 0.5) is 0 Å². The van der Waals surface area contributed by atoms with Gasteiger partial charge in [-0.2, -0.15) is 0 Å². The molecule has 0 heterocycles. The molecule has 0 aliphatic carbocycles. The maximum Gasteiger partial charge on any atom is 0.254 e. The normalized spacial score (nSPS) is 10.8. The summed E-state index contributed by atoms with van der Waals surface area (Å²) >= 11 is 5.74. The quantitative estimate of drug-likeness (QED) is 0.467. The highest BCUT2D eigenvalue weighted by Crippen LogP contribution is 2.26. The smallest absolute Gasteiger partial charge is 0.254 e. The first-order valence-corrected chi connectivity index (χ1v) is 4.20. The minimum atomic E-state index is -1.29. The van der Waals surface area contributed by atoms with Gasteiger partial charge in [-0.05, 0) is 0 Å². The third-order valence-corrected chi connectivity index (χ3v) is 2.11. The van der Waals surface area contributed by atoms with E-state index in [9.17, 15) is 14.9 Å². The maximum absolute atomic E-state index is 10.9. The van der Waals surface area contributed by atoms with Gasteiger partial charge in [-0.15, -0.1) is 0 Å². The first kappa shape index (κ1) is 10.8. The van der Waals surface area contributed by atoms with E-state index < -0.39 is 20.6 Å². The molecule has 0 aromatic rings. The Morgan fingerprint density at radius 3 is 2.45 bits per heavy atom. The zero-order valence-corrected chi connectivity index (χ0v) is 8.81. The number of alkyl halides is 2. The second-order valence-electron chi connectivity index (χ2n) is 1.77. The van der Waals surface area contributed by atoms with Gasteiger partial charge in [-0.25, -0.2) is 0 Å². The Kier molecular flexibility index (Phi) is 3.95. The van der Waals surface area contributed by atoms with Crippen LogP contribution in [0.2, 0.25) is 0 Å². The van der Waals surface area contributed by atoms with Crippen molar-refractivity contribution in [3.8, 4) is 0 Å². The fourth-order valence-electron chi connectivity index (χ4n) is 0.417. The Balaban J connectivity index is 4.21. The largest absolute Gasteiger partial charge is 0.357 e. The van der Waals surface area contributed by atoms with Crippen LogP contribution in [0.15, 0.2) is 0 Å². The molecule has 0 aromatic carbocycles. The van der Waals surface area contributed by atoms with Gasteiger partial charge in [0.05, 0.1) is 0 Å². The van der Waals surface area contributed by atoms with Gasteiger partial charge in [0.2, 0.25) is 9.78 Å². The summed E-state index contributed by atoms with van der Waals surface area (Å²) in [5.74, 6) is -0.478. The van der Waals surface area contributed by atoms with Gasteiger partial charge in [-0.3, -0.25) is 14.9 Å². The van der Waals surface area contributed by atoms with Crippen molar-refractivity contribution in [3.05, 3.63) is 10.1 Å². The molecule has 0 aliphatic heterocycles. The molecular formula is C4H6Br2N2O3. The predicted molar refractivity (Wildman–Crippen MR) is 46.5 cm³/mol. The van der Waals surface area contributed by atoms with Gasteiger partial charge >= 0.3 is 0 Å². The van der Waals surface area contributed by atoms with Crippen molar-refractivity contribution in [2.45, 2.75) is 3.23 Å². The minimum Gasteiger partial charge on any atom is -0.357 e. The summed E-state index contributed by atoms with van der Waals surface area (Å²) in [7, 11) is 1.40. The van der Waals surface area contributed by atoms with Crippen molar-refractivity contribution in [2.75, 3.05) is 13.6 Å². The van der Waals surface area contributed by atoms with Crippen LogP contribution >= 0.6 is 31.9 Å². The van der Waals surface area contributed by atoms with Gasteiger partial charge in [0.15, 0.2) is 0 Å². The lowest BCUT2D eigenvalue weighted by Gasteiger charge is -2.12. The minimum absolute atomic E-state index is 0.478. The molecule has 0 fully saturated rings. The average Bonchev–Trinajstić information content (AvgIpc) is 1.83. The topological polar surface area (TPSA) is 72.2 Å². The van der Waals surface area contributed by atoms with Gasteiger partial charge in [0, 0.05) is 12.0 Å². The van der Waals surface area contributed by atoms with Crippen LogP contribution in [0.5, 0.6) is 0 Å².